The number of halogens is 1. The van der Waals surface area contributed by atoms with E-state index in [0.29, 0.717) is 0 Å². The molecule has 0 fully saturated rings. The smallest absolute Gasteiger partial charge is 0.149 e. The summed E-state index contributed by atoms with van der Waals surface area (Å²) in [6, 6.07) is 23.4. The summed E-state index contributed by atoms with van der Waals surface area (Å²) in [6.45, 7) is 25.4. The maximum Gasteiger partial charge on any atom is 0.247 e. The number of aryl methyl sites for hydroxylation is 2. The predicted molar refractivity (Wildman–Crippen MR) is 160 cm³/mol. The summed E-state index contributed by atoms with van der Waals surface area (Å²) in [5.74, 6) is 0. The van der Waals surface area contributed by atoms with Gasteiger partial charge in [-0.05, 0) is 51.4 Å². The van der Waals surface area contributed by atoms with Crippen LogP contribution in [0.3, 0.4) is 0 Å². The number of rotatable bonds is 4. The van der Waals surface area contributed by atoms with Gasteiger partial charge in [0.2, 0.25) is 7.38 Å². The van der Waals surface area contributed by atoms with Gasteiger partial charge >= 0.3 is 0 Å². The highest BCUT2D eigenvalue weighted by Gasteiger charge is 2.40. The molecule has 0 amide bonds. The lowest BCUT2D eigenvalue weighted by atomic mass is 9.81. The first-order chi connectivity index (χ1) is 15.4. The molecule has 0 heterocycles. The predicted octanol–water partition coefficient (Wildman–Crippen LogP) is 6.65. The van der Waals surface area contributed by atoms with Gasteiger partial charge in [0, 0.05) is 0 Å². The van der Waals surface area contributed by atoms with Gasteiger partial charge in [0.1, 0.15) is 0 Å². The van der Waals surface area contributed by atoms with E-state index < -0.39 is 15.5 Å². The van der Waals surface area contributed by atoms with Crippen LogP contribution in [-0.4, -0.2) is 15.5 Å². The summed E-state index contributed by atoms with van der Waals surface area (Å²) in [7, 11) is -4.14. The zero-order chi connectivity index (χ0) is 25.7. The fourth-order valence-electron chi connectivity index (χ4n) is 4.57. The van der Waals surface area contributed by atoms with Crippen molar-refractivity contribution in [2.75, 3.05) is 0 Å². The minimum Gasteiger partial charge on any atom is -0.149 e. The Hall–Kier alpha value is -1.62. The maximum absolute atomic E-state index is 8.02. The van der Waals surface area contributed by atoms with E-state index >= 15 is 0 Å². The van der Waals surface area contributed by atoms with Crippen LogP contribution in [0.1, 0.15) is 63.8 Å². The van der Waals surface area contributed by atoms with Crippen LogP contribution in [0.4, 0.5) is 0 Å². The van der Waals surface area contributed by atoms with Crippen LogP contribution in [0.5, 0.6) is 0 Å². The largest absolute Gasteiger partial charge is 0.247 e. The first-order valence-electron chi connectivity index (χ1n) is 12.5. The summed E-state index contributed by atoms with van der Waals surface area (Å²) in [6.07, 6.45) is 0. The molecule has 182 valence electrons. The van der Waals surface area contributed by atoms with Gasteiger partial charge in [0.25, 0.3) is 0 Å². The van der Waals surface area contributed by atoms with Crippen molar-refractivity contribution in [3.05, 3.63) is 82.9 Å². The fourth-order valence-corrected chi connectivity index (χ4v) is 9.95. The van der Waals surface area contributed by atoms with E-state index in [-0.39, 0.29) is 10.8 Å². The van der Waals surface area contributed by atoms with Gasteiger partial charge in [-0.3, -0.25) is 0 Å². The Kier molecular flexibility index (Phi) is 7.23. The van der Waals surface area contributed by atoms with Crippen molar-refractivity contribution in [3.63, 3.8) is 0 Å². The molecule has 0 aliphatic carbocycles. The molecule has 3 heteroatoms. The Labute approximate surface area is 215 Å². The van der Waals surface area contributed by atoms with Gasteiger partial charge in [-0.2, -0.15) is 0 Å². The minimum atomic E-state index is -2.76. The Morgan fingerprint density at radius 2 is 0.912 bits per heavy atom. The lowest BCUT2D eigenvalue weighted by molar-refractivity contribution is 0.569. The lowest BCUT2D eigenvalue weighted by Gasteiger charge is -2.32. The Bertz CT molecular complexity index is 1120. The van der Waals surface area contributed by atoms with Crippen LogP contribution in [-0.2, 0) is 10.8 Å². The normalized spacial score (nSPS) is 14.7. The van der Waals surface area contributed by atoms with Gasteiger partial charge < -0.3 is 0 Å². The Morgan fingerprint density at radius 3 is 1.29 bits per heavy atom. The van der Waals surface area contributed by atoms with Gasteiger partial charge in [0.15, 0.2) is 0 Å². The molecule has 1 unspecified atom stereocenters. The summed E-state index contributed by atoms with van der Waals surface area (Å²) in [5, 5.41) is 5.31. The van der Waals surface area contributed by atoms with Crippen molar-refractivity contribution >= 4 is 47.3 Å². The summed E-state index contributed by atoms with van der Waals surface area (Å²) in [4.78, 5) is 0. The van der Waals surface area contributed by atoms with E-state index in [1.54, 1.807) is 0 Å². The molecule has 0 radical (unpaired) electrons. The second kappa shape index (κ2) is 9.11. The summed E-state index contributed by atoms with van der Waals surface area (Å²) >= 11 is 8.02. The minimum absolute atomic E-state index is 0.0480. The van der Waals surface area contributed by atoms with E-state index in [9.17, 15) is 0 Å². The van der Waals surface area contributed by atoms with Crippen molar-refractivity contribution in [2.24, 2.45) is 0 Å². The van der Waals surface area contributed by atoms with Crippen molar-refractivity contribution < 1.29 is 0 Å². The lowest BCUT2D eigenvalue weighted by Crippen LogP contribution is -2.63. The van der Waals surface area contributed by atoms with Crippen LogP contribution in [0.25, 0.3) is 0 Å². The van der Waals surface area contributed by atoms with Crippen molar-refractivity contribution in [3.8, 4) is 0 Å². The molecule has 3 rings (SSSR count). The topological polar surface area (TPSA) is 0 Å². The third-order valence-electron chi connectivity index (χ3n) is 6.83. The average molecular weight is 507 g/mol. The van der Waals surface area contributed by atoms with E-state index in [1.165, 1.54) is 43.0 Å². The molecule has 0 nitrogen and oxygen atoms in total. The summed E-state index contributed by atoms with van der Waals surface area (Å²) in [5.41, 5.74) is 5.35. The second-order valence-corrected chi connectivity index (χ2v) is 23.0. The zero-order valence-electron chi connectivity index (χ0n) is 23.2. The maximum atomic E-state index is 8.02. The van der Waals surface area contributed by atoms with E-state index in [2.05, 4.69) is 136 Å². The van der Waals surface area contributed by atoms with Gasteiger partial charge in [0.05, 0.1) is 8.07 Å². The summed E-state index contributed by atoms with van der Waals surface area (Å²) < 4.78 is 0. The molecule has 0 bridgehead atoms. The van der Waals surface area contributed by atoms with E-state index in [1.807, 2.05) is 0 Å². The van der Waals surface area contributed by atoms with Crippen LogP contribution >= 0.6 is 11.1 Å². The van der Waals surface area contributed by atoms with Crippen molar-refractivity contribution in [1.82, 2.24) is 0 Å². The first-order valence-corrected chi connectivity index (χ1v) is 19.0. The standard InChI is InChI=1S/C31H43ClSi2/c1-22-16-23(2)18-28(17-22)34(32,27-14-12-26(13-15-27)33(9,10)11)29-20-24(30(3,4)5)19-25(21-29)31(6,7)8/h12-21H,1-11H3. The zero-order valence-corrected chi connectivity index (χ0v) is 25.9. The second-order valence-electron chi connectivity index (χ2n) is 13.2. The average Bonchev–Trinajstić information content (AvgIpc) is 2.70. The fraction of sp³-hybridized carbons (Fsp3) is 0.419. The highest BCUT2D eigenvalue weighted by atomic mass is 35.6. The molecule has 34 heavy (non-hydrogen) atoms. The first kappa shape index (κ1) is 27.0. The molecule has 0 aliphatic rings. The third kappa shape index (κ3) is 5.61. The van der Waals surface area contributed by atoms with Gasteiger partial charge in [-0.15, -0.1) is 11.1 Å². The molecule has 3 aromatic rings. The molecule has 0 saturated carbocycles. The molecule has 0 aliphatic heterocycles. The molecule has 0 spiro atoms. The monoisotopic (exact) mass is 506 g/mol. The Morgan fingerprint density at radius 1 is 0.529 bits per heavy atom. The molecule has 3 aromatic carbocycles. The highest BCUT2D eigenvalue weighted by Crippen LogP contribution is 2.29. The van der Waals surface area contributed by atoms with Gasteiger partial charge in [-0.1, -0.05) is 138 Å². The van der Waals surface area contributed by atoms with E-state index in [0.717, 1.165) is 0 Å². The quantitative estimate of drug-likeness (QED) is 0.211. The molecule has 1 atom stereocenters. The molecule has 0 saturated heterocycles. The Balaban J connectivity index is 2.39. The number of benzene rings is 3. The number of hydrogen-bond donors (Lipinski definition) is 0. The van der Waals surface area contributed by atoms with Crippen LogP contribution in [0, 0.1) is 13.8 Å². The SMILES string of the molecule is Cc1cc(C)cc([Si](Cl)(c2ccc([Si](C)(C)C)cc2)c2cc(C(C)(C)C)cc(C(C)(C)C)c2)c1. The molecule has 0 aromatic heterocycles. The van der Waals surface area contributed by atoms with Crippen LogP contribution < -0.4 is 20.7 Å². The van der Waals surface area contributed by atoms with E-state index in [4.69, 9.17) is 11.1 Å². The van der Waals surface area contributed by atoms with Crippen LogP contribution in [0.2, 0.25) is 19.6 Å². The van der Waals surface area contributed by atoms with Gasteiger partial charge in [-0.25, -0.2) is 0 Å². The highest BCUT2D eigenvalue weighted by molar-refractivity contribution is 7.40. The molecular weight excluding hydrogens is 464 g/mol. The number of hydrogen-bond acceptors (Lipinski definition) is 0. The molecule has 0 N–H and O–H groups in total. The van der Waals surface area contributed by atoms with Crippen LogP contribution in [0.15, 0.2) is 60.7 Å². The molecular formula is C31H43ClSi2. The van der Waals surface area contributed by atoms with Crippen molar-refractivity contribution in [2.45, 2.75) is 85.9 Å². The van der Waals surface area contributed by atoms with Crippen molar-refractivity contribution in [1.29, 1.82) is 0 Å². The third-order valence-corrected chi connectivity index (χ3v) is 14.2.